The average molecular weight is 364 g/mol. The molecule has 1 heterocycles. The zero-order chi connectivity index (χ0) is 19.5. The molecule has 0 saturated carbocycles. The maximum absolute atomic E-state index is 11.0. The molecule has 0 aromatic rings. The van der Waals surface area contributed by atoms with Crippen LogP contribution in [0.3, 0.4) is 0 Å². The number of cyclic esters (lactones) is 1. The van der Waals surface area contributed by atoms with E-state index in [1.807, 2.05) is 6.92 Å². The largest absolute Gasteiger partial charge is 0.481 e. The molecule has 0 radical (unpaired) electrons. The van der Waals surface area contributed by atoms with Crippen molar-refractivity contribution in [1.29, 1.82) is 0 Å². The number of aliphatic hydroxyl groups is 1. The highest BCUT2D eigenvalue weighted by Gasteiger charge is 2.22. The number of carbonyl (C=O) groups is 2. The third kappa shape index (κ3) is 9.56. The molecule has 0 fully saturated rings. The molecule has 0 amide bonds. The molecule has 0 spiro atoms. The van der Waals surface area contributed by atoms with Gasteiger partial charge in [-0.25, -0.2) is 4.79 Å². The van der Waals surface area contributed by atoms with Crippen LogP contribution in [-0.2, 0) is 14.3 Å². The highest BCUT2D eigenvalue weighted by atomic mass is 16.6. The number of ether oxygens (including phenoxy) is 1. The van der Waals surface area contributed by atoms with Gasteiger partial charge in [-0.3, -0.25) is 4.79 Å². The summed E-state index contributed by atoms with van der Waals surface area (Å²) in [4.78, 5) is 21.7. The van der Waals surface area contributed by atoms with Gasteiger partial charge in [0.15, 0.2) is 0 Å². The first-order chi connectivity index (χ1) is 12.3. The van der Waals surface area contributed by atoms with Crippen LogP contribution in [0.15, 0.2) is 34.9 Å². The Bertz CT molecular complexity index is 571. The normalized spacial score (nSPS) is 19.3. The topological polar surface area (TPSA) is 83.8 Å². The Morgan fingerprint density at radius 2 is 1.88 bits per heavy atom. The van der Waals surface area contributed by atoms with Crippen LogP contribution in [-0.4, -0.2) is 28.4 Å². The predicted molar refractivity (Wildman–Crippen MR) is 101 cm³/mol. The minimum atomic E-state index is -1.06. The second-order valence-electron chi connectivity index (χ2n) is 7.28. The minimum Gasteiger partial charge on any atom is -0.481 e. The second kappa shape index (κ2) is 11.7. The van der Waals surface area contributed by atoms with Crippen LogP contribution < -0.4 is 0 Å². The van der Waals surface area contributed by atoms with Gasteiger partial charge in [0, 0.05) is 18.1 Å². The highest BCUT2D eigenvalue weighted by Crippen LogP contribution is 2.21. The molecule has 0 saturated heterocycles. The maximum atomic E-state index is 11.0. The first kappa shape index (κ1) is 22.2. The lowest BCUT2D eigenvalue weighted by molar-refractivity contribution is -0.151. The number of carboxylic acid groups (broad SMARTS) is 1. The molecule has 0 bridgehead atoms. The number of allylic oxidation sites excluding steroid dienone is 4. The highest BCUT2D eigenvalue weighted by molar-refractivity contribution is 5.85. The Hall–Kier alpha value is -1.88. The number of rotatable bonds is 12. The molecule has 2 atom stereocenters. The summed E-state index contributed by atoms with van der Waals surface area (Å²) < 4.78 is 4.66. The van der Waals surface area contributed by atoms with Crippen LogP contribution in [0.1, 0.15) is 72.1 Å². The molecule has 5 nitrogen and oxygen atoms in total. The SMILES string of the molecule is C/C(=C/CC[C@@H](C)CC(=O)O)CC/C=C(/C)CCCC1=CC(=O)O[C@@H]1O. The lowest BCUT2D eigenvalue weighted by atomic mass is 10.00. The Morgan fingerprint density at radius 1 is 1.23 bits per heavy atom. The van der Waals surface area contributed by atoms with Gasteiger partial charge in [-0.1, -0.05) is 30.2 Å². The van der Waals surface area contributed by atoms with Crippen molar-refractivity contribution in [3.63, 3.8) is 0 Å². The Labute approximate surface area is 156 Å². The summed E-state index contributed by atoms with van der Waals surface area (Å²) in [6.45, 7) is 6.20. The third-order valence-corrected chi connectivity index (χ3v) is 4.59. The fraction of sp³-hybridized carbons (Fsp3) is 0.619. The smallest absolute Gasteiger partial charge is 0.333 e. The van der Waals surface area contributed by atoms with Crippen LogP contribution in [0.5, 0.6) is 0 Å². The molecule has 0 aliphatic carbocycles. The fourth-order valence-corrected chi connectivity index (χ4v) is 2.97. The summed E-state index contributed by atoms with van der Waals surface area (Å²) in [6, 6.07) is 0. The van der Waals surface area contributed by atoms with E-state index in [0.29, 0.717) is 12.0 Å². The molecule has 0 aromatic carbocycles. The lowest BCUT2D eigenvalue weighted by Gasteiger charge is -2.08. The van der Waals surface area contributed by atoms with Crippen molar-refractivity contribution in [1.82, 2.24) is 0 Å². The number of hydrogen-bond acceptors (Lipinski definition) is 4. The van der Waals surface area contributed by atoms with Gasteiger partial charge in [-0.15, -0.1) is 0 Å². The second-order valence-corrected chi connectivity index (χ2v) is 7.28. The molecule has 1 rings (SSSR count). The first-order valence-corrected chi connectivity index (χ1v) is 9.40. The molecular formula is C21H32O5. The lowest BCUT2D eigenvalue weighted by Crippen LogP contribution is -2.09. The Balaban J connectivity index is 2.19. The van der Waals surface area contributed by atoms with Gasteiger partial charge in [0.2, 0.25) is 6.29 Å². The van der Waals surface area contributed by atoms with E-state index < -0.39 is 18.2 Å². The van der Waals surface area contributed by atoms with E-state index in [-0.39, 0.29) is 12.3 Å². The van der Waals surface area contributed by atoms with Crippen LogP contribution in [0.4, 0.5) is 0 Å². The van der Waals surface area contributed by atoms with Crippen molar-refractivity contribution >= 4 is 11.9 Å². The van der Waals surface area contributed by atoms with Gasteiger partial charge in [0.1, 0.15) is 0 Å². The molecule has 1 aliphatic rings. The number of carboxylic acids is 1. The fourth-order valence-electron chi connectivity index (χ4n) is 2.97. The van der Waals surface area contributed by atoms with Crippen molar-refractivity contribution in [2.75, 3.05) is 0 Å². The summed E-state index contributed by atoms with van der Waals surface area (Å²) >= 11 is 0. The molecular weight excluding hydrogens is 332 g/mol. The number of aliphatic carboxylic acids is 1. The van der Waals surface area contributed by atoms with Crippen molar-refractivity contribution < 1.29 is 24.5 Å². The van der Waals surface area contributed by atoms with E-state index in [9.17, 15) is 14.7 Å². The third-order valence-electron chi connectivity index (χ3n) is 4.59. The standard InChI is InChI=1S/C21H32O5/c1-15(9-5-11-17(3)13-19(22)23)7-4-8-16(2)10-6-12-18-14-20(24)26-21(18)25/h8-9,14,17,21,25H,4-7,10-13H2,1-3H3,(H,22,23)/b15-9-,16-8-/t17-,21+/m1/s1. The zero-order valence-electron chi connectivity index (χ0n) is 16.2. The molecule has 0 aromatic heterocycles. The Morgan fingerprint density at radius 3 is 2.50 bits per heavy atom. The molecule has 146 valence electrons. The maximum Gasteiger partial charge on any atom is 0.333 e. The predicted octanol–water partition coefficient (Wildman–Crippen LogP) is 4.52. The van der Waals surface area contributed by atoms with Crippen LogP contribution in [0, 0.1) is 5.92 Å². The van der Waals surface area contributed by atoms with Gasteiger partial charge in [0.25, 0.3) is 0 Å². The van der Waals surface area contributed by atoms with Gasteiger partial charge < -0.3 is 14.9 Å². The number of esters is 1. The average Bonchev–Trinajstić information content (AvgIpc) is 2.84. The monoisotopic (exact) mass is 364 g/mol. The van der Waals surface area contributed by atoms with Gasteiger partial charge in [0.05, 0.1) is 0 Å². The molecule has 2 N–H and O–H groups in total. The van der Waals surface area contributed by atoms with E-state index >= 15 is 0 Å². The van der Waals surface area contributed by atoms with Gasteiger partial charge in [-0.2, -0.15) is 0 Å². The van der Waals surface area contributed by atoms with E-state index in [4.69, 9.17) is 5.11 Å². The van der Waals surface area contributed by atoms with Crippen LogP contribution >= 0.6 is 0 Å². The summed E-state index contributed by atoms with van der Waals surface area (Å²) in [5.74, 6) is -0.969. The Kier molecular flexibility index (Phi) is 9.96. The zero-order valence-corrected chi connectivity index (χ0v) is 16.2. The van der Waals surface area contributed by atoms with E-state index in [2.05, 4.69) is 30.7 Å². The van der Waals surface area contributed by atoms with Crippen molar-refractivity contribution in [2.45, 2.75) is 78.4 Å². The van der Waals surface area contributed by atoms with Crippen LogP contribution in [0.25, 0.3) is 0 Å². The summed E-state index contributed by atoms with van der Waals surface area (Å²) in [6.07, 6.45) is 11.4. The van der Waals surface area contributed by atoms with Crippen molar-refractivity contribution in [3.05, 3.63) is 34.9 Å². The van der Waals surface area contributed by atoms with Gasteiger partial charge in [-0.05, 0) is 64.7 Å². The van der Waals surface area contributed by atoms with E-state index in [0.717, 1.165) is 38.5 Å². The van der Waals surface area contributed by atoms with Crippen LogP contribution in [0.2, 0.25) is 0 Å². The van der Waals surface area contributed by atoms with E-state index in [1.165, 1.54) is 17.2 Å². The minimum absolute atomic E-state index is 0.216. The van der Waals surface area contributed by atoms with E-state index in [1.54, 1.807) is 0 Å². The van der Waals surface area contributed by atoms with Gasteiger partial charge >= 0.3 is 11.9 Å². The summed E-state index contributed by atoms with van der Waals surface area (Å²) in [7, 11) is 0. The molecule has 26 heavy (non-hydrogen) atoms. The first-order valence-electron chi connectivity index (χ1n) is 9.40. The molecule has 1 aliphatic heterocycles. The number of hydrogen-bond donors (Lipinski definition) is 2. The summed E-state index contributed by atoms with van der Waals surface area (Å²) in [5.41, 5.74) is 3.32. The molecule has 5 heteroatoms. The number of carbonyl (C=O) groups excluding carboxylic acids is 1. The summed E-state index contributed by atoms with van der Waals surface area (Å²) in [5, 5.41) is 18.3. The number of aliphatic hydroxyl groups excluding tert-OH is 1. The van der Waals surface area contributed by atoms with Crippen molar-refractivity contribution in [2.24, 2.45) is 5.92 Å². The quantitative estimate of drug-likeness (QED) is 0.393. The molecule has 0 unspecified atom stereocenters. The van der Waals surface area contributed by atoms with Crippen molar-refractivity contribution in [3.8, 4) is 0 Å².